The van der Waals surface area contributed by atoms with Gasteiger partial charge in [-0.25, -0.2) is 14.6 Å². The Labute approximate surface area is 118 Å². The highest BCUT2D eigenvalue weighted by Crippen LogP contribution is 2.07. The number of rotatable bonds is 7. The van der Waals surface area contributed by atoms with E-state index in [4.69, 9.17) is 5.11 Å². The molecule has 0 aliphatic carbocycles. The van der Waals surface area contributed by atoms with Crippen LogP contribution < -0.4 is 10.6 Å². The highest BCUT2D eigenvalue weighted by atomic mass is 16.4. The third kappa shape index (κ3) is 5.29. The van der Waals surface area contributed by atoms with Crippen LogP contribution in [0.15, 0.2) is 12.5 Å². The van der Waals surface area contributed by atoms with Crippen LogP contribution >= 0.6 is 0 Å². The second-order valence-electron chi connectivity index (χ2n) is 5.16. The molecule has 0 fully saturated rings. The van der Waals surface area contributed by atoms with Crippen LogP contribution in [0.25, 0.3) is 0 Å². The van der Waals surface area contributed by atoms with Gasteiger partial charge in [0.05, 0.1) is 6.33 Å². The number of aromatic carboxylic acids is 1. The summed E-state index contributed by atoms with van der Waals surface area (Å²) in [5, 5.41) is 14.2. The standard InChI is InChI=1S/C13H22N4O3/c1-9(2)10(3)6-15-13(20)14-4-5-17-7-11(12(18)19)16-8-17/h7-10H,4-6H2,1-3H3,(H,18,19)(H2,14,15,20). The average Bonchev–Trinajstić information content (AvgIpc) is 2.84. The number of hydrogen-bond acceptors (Lipinski definition) is 3. The maximum absolute atomic E-state index is 11.5. The first-order valence-corrected chi connectivity index (χ1v) is 6.67. The summed E-state index contributed by atoms with van der Waals surface area (Å²) in [7, 11) is 0. The number of nitrogens with one attached hydrogen (secondary N) is 2. The molecular formula is C13H22N4O3. The van der Waals surface area contributed by atoms with Gasteiger partial charge in [-0.2, -0.15) is 0 Å². The summed E-state index contributed by atoms with van der Waals surface area (Å²) in [6, 6.07) is -0.212. The topological polar surface area (TPSA) is 96.3 Å². The summed E-state index contributed by atoms with van der Waals surface area (Å²) in [6.07, 6.45) is 2.87. The van der Waals surface area contributed by atoms with E-state index in [0.29, 0.717) is 31.5 Å². The van der Waals surface area contributed by atoms with Gasteiger partial charge in [-0.1, -0.05) is 20.8 Å². The Morgan fingerprint density at radius 1 is 1.35 bits per heavy atom. The van der Waals surface area contributed by atoms with Gasteiger partial charge in [0.25, 0.3) is 0 Å². The monoisotopic (exact) mass is 282 g/mol. The Bertz CT molecular complexity index is 456. The number of nitrogens with zero attached hydrogens (tertiary/aromatic N) is 2. The lowest BCUT2D eigenvalue weighted by Crippen LogP contribution is -2.39. The predicted octanol–water partition coefficient (Wildman–Crippen LogP) is 1.17. The quantitative estimate of drug-likeness (QED) is 0.699. The van der Waals surface area contributed by atoms with E-state index in [2.05, 4.69) is 36.4 Å². The molecule has 7 heteroatoms. The van der Waals surface area contributed by atoms with Crippen LogP contribution in [0, 0.1) is 11.8 Å². The number of carbonyl (C=O) groups is 2. The molecule has 0 radical (unpaired) electrons. The van der Waals surface area contributed by atoms with Gasteiger partial charge >= 0.3 is 12.0 Å². The summed E-state index contributed by atoms with van der Waals surface area (Å²) in [5.41, 5.74) is 0.000194. The Morgan fingerprint density at radius 3 is 2.60 bits per heavy atom. The predicted molar refractivity (Wildman–Crippen MR) is 74.6 cm³/mol. The second-order valence-corrected chi connectivity index (χ2v) is 5.16. The highest BCUT2D eigenvalue weighted by molar-refractivity contribution is 5.84. The van der Waals surface area contributed by atoms with E-state index in [1.54, 1.807) is 4.57 Å². The van der Waals surface area contributed by atoms with Crippen molar-refractivity contribution in [2.24, 2.45) is 11.8 Å². The van der Waals surface area contributed by atoms with Crippen molar-refractivity contribution in [2.45, 2.75) is 27.3 Å². The van der Waals surface area contributed by atoms with Crippen LogP contribution in [-0.4, -0.2) is 39.7 Å². The maximum atomic E-state index is 11.5. The molecule has 2 amide bonds. The van der Waals surface area contributed by atoms with Crippen molar-refractivity contribution in [3.05, 3.63) is 18.2 Å². The van der Waals surface area contributed by atoms with Crippen molar-refractivity contribution in [1.82, 2.24) is 20.2 Å². The molecule has 0 aliphatic rings. The van der Waals surface area contributed by atoms with Crippen LogP contribution in [0.4, 0.5) is 4.79 Å². The Hall–Kier alpha value is -2.05. The van der Waals surface area contributed by atoms with E-state index < -0.39 is 5.97 Å². The summed E-state index contributed by atoms with van der Waals surface area (Å²) in [4.78, 5) is 25.9. The van der Waals surface area contributed by atoms with Gasteiger partial charge in [0.15, 0.2) is 5.69 Å². The van der Waals surface area contributed by atoms with Crippen LogP contribution in [0.2, 0.25) is 0 Å². The number of hydrogen-bond donors (Lipinski definition) is 3. The first-order chi connectivity index (χ1) is 9.40. The number of carboxylic acids is 1. The average molecular weight is 282 g/mol. The minimum atomic E-state index is -1.06. The Balaban J connectivity index is 2.23. The third-order valence-electron chi connectivity index (χ3n) is 3.23. The summed E-state index contributed by atoms with van der Waals surface area (Å²) in [5.74, 6) is -0.111. The molecule has 0 aliphatic heterocycles. The molecule has 1 aromatic heterocycles. The molecule has 7 nitrogen and oxygen atoms in total. The normalized spacial score (nSPS) is 12.2. The summed E-state index contributed by atoms with van der Waals surface area (Å²) in [6.45, 7) is 7.85. The third-order valence-corrected chi connectivity index (χ3v) is 3.23. The Kier molecular flexibility index (Phi) is 6.02. The number of carbonyl (C=O) groups excluding carboxylic acids is 1. The zero-order valence-corrected chi connectivity index (χ0v) is 12.1. The van der Waals surface area contributed by atoms with E-state index in [0.717, 1.165) is 0 Å². The van der Waals surface area contributed by atoms with Crippen molar-refractivity contribution < 1.29 is 14.7 Å². The number of aromatic nitrogens is 2. The minimum absolute atomic E-state index is 0.000194. The number of imidazole rings is 1. The van der Waals surface area contributed by atoms with Gasteiger partial charge in [0.2, 0.25) is 0 Å². The SMILES string of the molecule is CC(C)C(C)CNC(=O)NCCn1cnc(C(=O)O)c1. The first-order valence-electron chi connectivity index (χ1n) is 6.67. The molecule has 20 heavy (non-hydrogen) atoms. The fourth-order valence-corrected chi connectivity index (χ4v) is 1.44. The van der Waals surface area contributed by atoms with Gasteiger partial charge in [0.1, 0.15) is 0 Å². The lowest BCUT2D eigenvalue weighted by molar-refractivity contribution is 0.0691. The van der Waals surface area contributed by atoms with E-state index in [-0.39, 0.29) is 11.7 Å². The molecule has 0 saturated carbocycles. The van der Waals surface area contributed by atoms with Gasteiger partial charge in [0, 0.05) is 25.8 Å². The summed E-state index contributed by atoms with van der Waals surface area (Å²) < 4.78 is 1.63. The van der Waals surface area contributed by atoms with Crippen LogP contribution in [0.5, 0.6) is 0 Å². The van der Waals surface area contributed by atoms with Crippen molar-refractivity contribution in [3.8, 4) is 0 Å². The molecule has 0 spiro atoms. The molecule has 112 valence electrons. The maximum Gasteiger partial charge on any atom is 0.356 e. The van der Waals surface area contributed by atoms with E-state index in [1.807, 2.05) is 0 Å². The minimum Gasteiger partial charge on any atom is -0.476 e. The van der Waals surface area contributed by atoms with Crippen molar-refractivity contribution in [1.29, 1.82) is 0 Å². The first kappa shape index (κ1) is 16.0. The molecule has 0 bridgehead atoms. The van der Waals surface area contributed by atoms with Crippen molar-refractivity contribution in [3.63, 3.8) is 0 Å². The molecule has 3 N–H and O–H groups in total. The molecule has 1 atom stereocenters. The van der Waals surface area contributed by atoms with Crippen LogP contribution in [-0.2, 0) is 6.54 Å². The smallest absolute Gasteiger partial charge is 0.356 e. The fraction of sp³-hybridized carbons (Fsp3) is 0.615. The van der Waals surface area contributed by atoms with Gasteiger partial charge in [-0.15, -0.1) is 0 Å². The number of carboxylic acid groups (broad SMARTS) is 1. The van der Waals surface area contributed by atoms with Gasteiger partial charge < -0.3 is 20.3 Å². The van der Waals surface area contributed by atoms with Crippen molar-refractivity contribution >= 4 is 12.0 Å². The van der Waals surface area contributed by atoms with E-state index in [1.165, 1.54) is 12.5 Å². The molecule has 1 aromatic rings. The van der Waals surface area contributed by atoms with Crippen LogP contribution in [0.3, 0.4) is 0 Å². The Morgan fingerprint density at radius 2 is 2.05 bits per heavy atom. The van der Waals surface area contributed by atoms with Crippen LogP contribution in [0.1, 0.15) is 31.3 Å². The van der Waals surface area contributed by atoms with Crippen molar-refractivity contribution in [2.75, 3.05) is 13.1 Å². The van der Waals surface area contributed by atoms with E-state index in [9.17, 15) is 9.59 Å². The molecule has 1 rings (SSSR count). The zero-order chi connectivity index (χ0) is 15.1. The number of urea groups is 1. The van der Waals surface area contributed by atoms with Gasteiger partial charge in [-0.05, 0) is 11.8 Å². The summed E-state index contributed by atoms with van der Waals surface area (Å²) >= 11 is 0. The highest BCUT2D eigenvalue weighted by Gasteiger charge is 2.09. The van der Waals surface area contributed by atoms with E-state index >= 15 is 0 Å². The second kappa shape index (κ2) is 7.52. The lowest BCUT2D eigenvalue weighted by atomic mass is 9.98. The molecular weight excluding hydrogens is 260 g/mol. The number of amides is 2. The lowest BCUT2D eigenvalue weighted by Gasteiger charge is -2.16. The zero-order valence-electron chi connectivity index (χ0n) is 12.1. The fourth-order valence-electron chi connectivity index (χ4n) is 1.44. The molecule has 1 heterocycles. The molecule has 0 aromatic carbocycles. The molecule has 1 unspecified atom stereocenters. The van der Waals surface area contributed by atoms with Gasteiger partial charge in [-0.3, -0.25) is 0 Å². The largest absolute Gasteiger partial charge is 0.476 e. The molecule has 0 saturated heterocycles.